The predicted octanol–water partition coefficient (Wildman–Crippen LogP) is 4.35. The standard InChI is InChI=1S/C12H17Br/c1-9-5-6-11(13)10(7-9)8-12(2,3)4/h5-7H,8H2,1-4H3. The van der Waals surface area contributed by atoms with Gasteiger partial charge in [-0.05, 0) is 30.4 Å². The molecule has 13 heavy (non-hydrogen) atoms. The third-order valence-electron chi connectivity index (χ3n) is 1.92. The normalized spacial score (nSPS) is 11.8. The summed E-state index contributed by atoms with van der Waals surface area (Å²) in [7, 11) is 0. The van der Waals surface area contributed by atoms with Crippen molar-refractivity contribution < 1.29 is 0 Å². The highest BCUT2D eigenvalue weighted by Crippen LogP contribution is 2.26. The number of halogens is 1. The Morgan fingerprint density at radius 1 is 1.23 bits per heavy atom. The molecule has 0 aliphatic rings. The summed E-state index contributed by atoms with van der Waals surface area (Å²) in [6.45, 7) is 8.93. The van der Waals surface area contributed by atoms with E-state index in [9.17, 15) is 0 Å². The van der Waals surface area contributed by atoms with Crippen molar-refractivity contribution >= 4 is 15.9 Å². The molecular weight excluding hydrogens is 224 g/mol. The van der Waals surface area contributed by atoms with Crippen LogP contribution in [0.25, 0.3) is 0 Å². The first kappa shape index (κ1) is 10.8. The Kier molecular flexibility index (Phi) is 3.18. The molecule has 0 radical (unpaired) electrons. The largest absolute Gasteiger partial charge is 0.0599 e. The van der Waals surface area contributed by atoms with E-state index in [1.807, 2.05) is 0 Å². The molecule has 0 saturated carbocycles. The molecule has 0 aromatic heterocycles. The highest BCUT2D eigenvalue weighted by Gasteiger charge is 2.13. The molecule has 0 saturated heterocycles. The second-order valence-corrected chi connectivity index (χ2v) is 5.69. The Morgan fingerprint density at radius 2 is 1.85 bits per heavy atom. The van der Waals surface area contributed by atoms with Crippen LogP contribution in [-0.2, 0) is 6.42 Å². The van der Waals surface area contributed by atoms with Gasteiger partial charge in [0.2, 0.25) is 0 Å². The van der Waals surface area contributed by atoms with Crippen LogP contribution in [0.15, 0.2) is 22.7 Å². The maximum atomic E-state index is 3.58. The lowest BCUT2D eigenvalue weighted by Gasteiger charge is -2.19. The average molecular weight is 241 g/mol. The van der Waals surface area contributed by atoms with Crippen molar-refractivity contribution in [3.8, 4) is 0 Å². The van der Waals surface area contributed by atoms with Crippen molar-refractivity contribution in [1.82, 2.24) is 0 Å². The Labute approximate surface area is 89.5 Å². The van der Waals surface area contributed by atoms with Gasteiger partial charge in [0.25, 0.3) is 0 Å². The first-order chi connectivity index (χ1) is 5.88. The Bertz CT molecular complexity index is 294. The summed E-state index contributed by atoms with van der Waals surface area (Å²) >= 11 is 3.58. The zero-order valence-corrected chi connectivity index (χ0v) is 10.4. The van der Waals surface area contributed by atoms with Crippen LogP contribution in [-0.4, -0.2) is 0 Å². The fourth-order valence-corrected chi connectivity index (χ4v) is 1.80. The molecule has 1 aromatic carbocycles. The first-order valence-electron chi connectivity index (χ1n) is 4.63. The third kappa shape index (κ3) is 3.51. The van der Waals surface area contributed by atoms with E-state index in [-0.39, 0.29) is 0 Å². The number of rotatable bonds is 1. The fraction of sp³-hybridized carbons (Fsp3) is 0.500. The van der Waals surface area contributed by atoms with Crippen molar-refractivity contribution in [3.63, 3.8) is 0 Å². The van der Waals surface area contributed by atoms with Crippen LogP contribution in [0.2, 0.25) is 0 Å². The molecule has 0 unspecified atom stereocenters. The van der Waals surface area contributed by atoms with E-state index < -0.39 is 0 Å². The van der Waals surface area contributed by atoms with E-state index in [0.717, 1.165) is 6.42 Å². The average Bonchev–Trinajstić information content (AvgIpc) is 1.94. The van der Waals surface area contributed by atoms with E-state index in [1.54, 1.807) is 0 Å². The zero-order valence-electron chi connectivity index (χ0n) is 8.82. The summed E-state index contributed by atoms with van der Waals surface area (Å²) in [5.74, 6) is 0. The zero-order chi connectivity index (χ0) is 10.1. The second kappa shape index (κ2) is 3.83. The van der Waals surface area contributed by atoms with Crippen molar-refractivity contribution in [1.29, 1.82) is 0 Å². The van der Waals surface area contributed by atoms with Gasteiger partial charge in [0, 0.05) is 4.47 Å². The van der Waals surface area contributed by atoms with Gasteiger partial charge in [-0.25, -0.2) is 0 Å². The highest BCUT2D eigenvalue weighted by atomic mass is 79.9. The molecule has 0 atom stereocenters. The minimum absolute atomic E-state index is 0.357. The molecule has 0 heterocycles. The van der Waals surface area contributed by atoms with Gasteiger partial charge in [-0.2, -0.15) is 0 Å². The summed E-state index contributed by atoms with van der Waals surface area (Å²) in [6.07, 6.45) is 1.12. The summed E-state index contributed by atoms with van der Waals surface area (Å²) in [5.41, 5.74) is 3.10. The molecule has 0 aliphatic carbocycles. The molecule has 1 heteroatoms. The van der Waals surface area contributed by atoms with E-state index in [1.165, 1.54) is 15.6 Å². The van der Waals surface area contributed by atoms with Gasteiger partial charge in [-0.15, -0.1) is 0 Å². The number of benzene rings is 1. The highest BCUT2D eigenvalue weighted by molar-refractivity contribution is 9.10. The first-order valence-corrected chi connectivity index (χ1v) is 5.43. The number of hydrogen-bond donors (Lipinski definition) is 0. The molecule has 0 aliphatic heterocycles. The molecule has 1 rings (SSSR count). The van der Waals surface area contributed by atoms with Crippen LogP contribution in [0.4, 0.5) is 0 Å². The van der Waals surface area contributed by atoms with E-state index in [2.05, 4.69) is 61.8 Å². The molecule has 0 N–H and O–H groups in total. The quantitative estimate of drug-likeness (QED) is 0.685. The minimum atomic E-state index is 0.357. The lowest BCUT2D eigenvalue weighted by atomic mass is 9.88. The third-order valence-corrected chi connectivity index (χ3v) is 2.70. The van der Waals surface area contributed by atoms with Gasteiger partial charge in [0.05, 0.1) is 0 Å². The summed E-state index contributed by atoms with van der Waals surface area (Å²) in [5, 5.41) is 0. The van der Waals surface area contributed by atoms with Gasteiger partial charge in [-0.1, -0.05) is 54.4 Å². The smallest absolute Gasteiger partial charge is 0.0207 e. The van der Waals surface area contributed by atoms with Gasteiger partial charge >= 0.3 is 0 Å². The van der Waals surface area contributed by atoms with Crippen LogP contribution in [0.5, 0.6) is 0 Å². The van der Waals surface area contributed by atoms with Crippen molar-refractivity contribution in [2.75, 3.05) is 0 Å². The van der Waals surface area contributed by atoms with Crippen LogP contribution in [0, 0.1) is 12.3 Å². The Hall–Kier alpha value is -0.300. The van der Waals surface area contributed by atoms with Gasteiger partial charge in [0.15, 0.2) is 0 Å². The van der Waals surface area contributed by atoms with E-state index >= 15 is 0 Å². The van der Waals surface area contributed by atoms with E-state index in [0.29, 0.717) is 5.41 Å². The number of hydrogen-bond acceptors (Lipinski definition) is 0. The van der Waals surface area contributed by atoms with Crippen molar-refractivity contribution in [2.24, 2.45) is 5.41 Å². The summed E-state index contributed by atoms with van der Waals surface area (Å²) in [6, 6.07) is 6.53. The van der Waals surface area contributed by atoms with Crippen molar-refractivity contribution in [3.05, 3.63) is 33.8 Å². The van der Waals surface area contributed by atoms with Gasteiger partial charge < -0.3 is 0 Å². The lowest BCUT2D eigenvalue weighted by molar-refractivity contribution is 0.410. The maximum Gasteiger partial charge on any atom is 0.0207 e. The van der Waals surface area contributed by atoms with Crippen LogP contribution >= 0.6 is 15.9 Å². The molecule has 0 fully saturated rings. The minimum Gasteiger partial charge on any atom is -0.0599 e. The molecule has 0 bridgehead atoms. The van der Waals surface area contributed by atoms with Gasteiger partial charge in [0.1, 0.15) is 0 Å². The molecular formula is C12H17Br. The summed E-state index contributed by atoms with van der Waals surface area (Å²) < 4.78 is 1.23. The summed E-state index contributed by atoms with van der Waals surface area (Å²) in [4.78, 5) is 0. The predicted molar refractivity (Wildman–Crippen MR) is 62.0 cm³/mol. The van der Waals surface area contributed by atoms with Gasteiger partial charge in [-0.3, -0.25) is 0 Å². The maximum absolute atomic E-state index is 3.58. The number of aryl methyl sites for hydroxylation is 1. The molecule has 72 valence electrons. The van der Waals surface area contributed by atoms with Crippen LogP contribution in [0.3, 0.4) is 0 Å². The molecule has 0 amide bonds. The monoisotopic (exact) mass is 240 g/mol. The molecule has 0 nitrogen and oxygen atoms in total. The van der Waals surface area contributed by atoms with E-state index in [4.69, 9.17) is 0 Å². The van der Waals surface area contributed by atoms with Crippen molar-refractivity contribution in [2.45, 2.75) is 34.1 Å². The van der Waals surface area contributed by atoms with Crippen LogP contribution < -0.4 is 0 Å². The van der Waals surface area contributed by atoms with Crippen LogP contribution in [0.1, 0.15) is 31.9 Å². The molecule has 0 spiro atoms. The Morgan fingerprint density at radius 3 is 2.38 bits per heavy atom. The molecule has 1 aromatic rings. The SMILES string of the molecule is Cc1ccc(Br)c(CC(C)(C)C)c1. The second-order valence-electron chi connectivity index (χ2n) is 4.83. The Balaban J connectivity index is 2.94. The topological polar surface area (TPSA) is 0 Å². The fourth-order valence-electron chi connectivity index (χ4n) is 1.41. The lowest BCUT2D eigenvalue weighted by Crippen LogP contribution is -2.09.